The third-order valence-electron chi connectivity index (χ3n) is 4.63. The molecule has 0 saturated carbocycles. The largest absolute Gasteiger partial charge is 0.396 e. The molecule has 0 aliphatic carbocycles. The van der Waals surface area contributed by atoms with E-state index in [1.54, 1.807) is 23.1 Å². The fourth-order valence-electron chi connectivity index (χ4n) is 3.15. The number of hydrogen-bond donors (Lipinski definition) is 1. The van der Waals surface area contributed by atoms with Crippen LogP contribution in [0.3, 0.4) is 0 Å². The van der Waals surface area contributed by atoms with E-state index in [0.717, 1.165) is 25.9 Å². The Balaban J connectivity index is 1.94. The molecule has 1 atom stereocenters. The quantitative estimate of drug-likeness (QED) is 0.857. The van der Waals surface area contributed by atoms with Gasteiger partial charge < -0.3 is 10.2 Å². The van der Waals surface area contributed by atoms with Gasteiger partial charge in [-0.1, -0.05) is 37.3 Å². The molecule has 0 bridgehead atoms. The Bertz CT molecular complexity index is 511. The summed E-state index contributed by atoms with van der Waals surface area (Å²) in [4.78, 5) is 13.9. The lowest BCUT2D eigenvalue weighted by molar-refractivity contribution is -0.161. The number of likely N-dealkylation sites (tertiary alicyclic amines) is 1. The Morgan fingerprint density at radius 2 is 1.88 bits per heavy atom. The number of carbonyl (C=O) groups excluding carboxylic acids is 1. The van der Waals surface area contributed by atoms with Crippen molar-refractivity contribution in [1.82, 2.24) is 10.2 Å². The topological polar surface area (TPSA) is 32.3 Å². The van der Waals surface area contributed by atoms with Crippen LogP contribution in [0.5, 0.6) is 0 Å². The molecular formula is C18H25F3N2O. The van der Waals surface area contributed by atoms with E-state index in [1.165, 1.54) is 12.1 Å². The van der Waals surface area contributed by atoms with Crippen molar-refractivity contribution in [2.45, 2.75) is 38.3 Å². The Labute approximate surface area is 141 Å². The first-order valence-corrected chi connectivity index (χ1v) is 8.52. The number of alkyl halides is 3. The standard InChI is InChI=1S/C18H25F3N2O/c1-2-22-13-14-8-10-23(11-9-14)17(24)12-16(18(19,20)21)15-6-4-3-5-7-15/h3-7,14,16,22H,2,8-13H2,1H3. The molecule has 0 spiro atoms. The molecule has 1 N–H and O–H groups in total. The summed E-state index contributed by atoms with van der Waals surface area (Å²) in [6, 6.07) is 7.70. The minimum atomic E-state index is -4.42. The highest BCUT2D eigenvalue weighted by Crippen LogP contribution is 2.38. The van der Waals surface area contributed by atoms with E-state index in [1.807, 2.05) is 6.92 Å². The van der Waals surface area contributed by atoms with Gasteiger partial charge in [-0.25, -0.2) is 0 Å². The summed E-state index contributed by atoms with van der Waals surface area (Å²) in [6.07, 6.45) is -3.23. The third-order valence-corrected chi connectivity index (χ3v) is 4.63. The lowest BCUT2D eigenvalue weighted by atomic mass is 9.92. The first-order valence-electron chi connectivity index (χ1n) is 8.52. The predicted octanol–water partition coefficient (Wildman–Crippen LogP) is 3.57. The van der Waals surface area contributed by atoms with Crippen LogP contribution in [0.2, 0.25) is 0 Å². The van der Waals surface area contributed by atoms with Crippen LogP contribution < -0.4 is 5.32 Å². The van der Waals surface area contributed by atoms with Crippen LogP contribution in [0.25, 0.3) is 0 Å². The van der Waals surface area contributed by atoms with Gasteiger partial charge in [0.15, 0.2) is 0 Å². The summed E-state index contributed by atoms with van der Waals surface area (Å²) < 4.78 is 40.1. The molecule has 0 aromatic heterocycles. The van der Waals surface area contributed by atoms with Gasteiger partial charge in [-0.2, -0.15) is 13.2 Å². The van der Waals surface area contributed by atoms with Gasteiger partial charge in [0.1, 0.15) is 0 Å². The number of nitrogens with zero attached hydrogens (tertiary/aromatic N) is 1. The van der Waals surface area contributed by atoms with E-state index in [-0.39, 0.29) is 5.56 Å². The smallest absolute Gasteiger partial charge is 0.343 e. The zero-order valence-corrected chi connectivity index (χ0v) is 14.0. The van der Waals surface area contributed by atoms with E-state index >= 15 is 0 Å². The highest BCUT2D eigenvalue weighted by atomic mass is 19.4. The summed E-state index contributed by atoms with van der Waals surface area (Å²) in [5, 5.41) is 3.28. The van der Waals surface area contributed by atoms with Crippen molar-refractivity contribution in [1.29, 1.82) is 0 Å². The van der Waals surface area contributed by atoms with E-state index in [2.05, 4.69) is 5.32 Å². The average Bonchev–Trinajstić information content (AvgIpc) is 2.58. The fourth-order valence-corrected chi connectivity index (χ4v) is 3.15. The molecule has 1 fully saturated rings. The zero-order valence-electron chi connectivity index (χ0n) is 14.0. The molecule has 1 unspecified atom stereocenters. The van der Waals surface area contributed by atoms with E-state index in [9.17, 15) is 18.0 Å². The summed E-state index contributed by atoms with van der Waals surface area (Å²) in [5.41, 5.74) is 0.153. The van der Waals surface area contributed by atoms with Crippen molar-refractivity contribution in [2.75, 3.05) is 26.2 Å². The zero-order chi connectivity index (χ0) is 17.6. The lowest BCUT2D eigenvalue weighted by Crippen LogP contribution is -2.42. The highest BCUT2D eigenvalue weighted by Gasteiger charge is 2.42. The van der Waals surface area contributed by atoms with Crippen molar-refractivity contribution in [2.24, 2.45) is 5.92 Å². The minimum absolute atomic E-state index is 0.153. The van der Waals surface area contributed by atoms with Crippen molar-refractivity contribution in [3.05, 3.63) is 35.9 Å². The minimum Gasteiger partial charge on any atom is -0.343 e. The molecule has 1 aliphatic rings. The maximum atomic E-state index is 13.4. The van der Waals surface area contributed by atoms with E-state index in [4.69, 9.17) is 0 Å². The monoisotopic (exact) mass is 342 g/mol. The molecular weight excluding hydrogens is 317 g/mol. The van der Waals surface area contributed by atoms with Crippen molar-refractivity contribution in [3.63, 3.8) is 0 Å². The second kappa shape index (κ2) is 8.51. The van der Waals surface area contributed by atoms with Gasteiger partial charge in [-0.3, -0.25) is 4.79 Å². The van der Waals surface area contributed by atoms with Crippen LogP contribution in [0, 0.1) is 5.92 Å². The third kappa shape index (κ3) is 5.23. The number of rotatable bonds is 6. The molecule has 1 aromatic rings. The van der Waals surface area contributed by atoms with Crippen LogP contribution in [-0.4, -0.2) is 43.2 Å². The molecule has 1 heterocycles. The Hall–Kier alpha value is -1.56. The van der Waals surface area contributed by atoms with Crippen molar-refractivity contribution in [3.8, 4) is 0 Å². The van der Waals surface area contributed by atoms with Crippen LogP contribution in [-0.2, 0) is 4.79 Å². The highest BCUT2D eigenvalue weighted by molar-refractivity contribution is 5.77. The normalized spacial score (nSPS) is 17.8. The van der Waals surface area contributed by atoms with Gasteiger partial charge in [0, 0.05) is 19.5 Å². The number of piperidine rings is 1. The number of nitrogens with one attached hydrogen (secondary N) is 1. The molecule has 1 aliphatic heterocycles. The summed E-state index contributed by atoms with van der Waals surface area (Å²) in [7, 11) is 0. The summed E-state index contributed by atoms with van der Waals surface area (Å²) in [5.74, 6) is -1.63. The van der Waals surface area contributed by atoms with Gasteiger partial charge in [-0.15, -0.1) is 0 Å². The SMILES string of the molecule is CCNCC1CCN(C(=O)CC(c2ccccc2)C(F)(F)F)CC1. The first-order chi connectivity index (χ1) is 11.4. The first kappa shape index (κ1) is 18.8. The Kier molecular flexibility index (Phi) is 6.66. The number of carbonyl (C=O) groups is 1. The molecule has 6 heteroatoms. The van der Waals surface area contributed by atoms with Crippen LogP contribution in [0.15, 0.2) is 30.3 Å². The van der Waals surface area contributed by atoms with Gasteiger partial charge in [0.05, 0.1) is 5.92 Å². The van der Waals surface area contributed by atoms with Crippen molar-refractivity contribution >= 4 is 5.91 Å². The molecule has 0 radical (unpaired) electrons. The molecule has 3 nitrogen and oxygen atoms in total. The maximum Gasteiger partial charge on any atom is 0.396 e. The van der Waals surface area contributed by atoms with Crippen LogP contribution in [0.4, 0.5) is 13.2 Å². The summed E-state index contributed by atoms with van der Waals surface area (Å²) >= 11 is 0. The molecule has 1 aromatic carbocycles. The molecule has 24 heavy (non-hydrogen) atoms. The molecule has 1 saturated heterocycles. The number of hydrogen-bond acceptors (Lipinski definition) is 2. The van der Waals surface area contributed by atoms with Gasteiger partial charge >= 0.3 is 6.18 Å². The van der Waals surface area contributed by atoms with Gasteiger partial charge in [0.25, 0.3) is 0 Å². The average molecular weight is 342 g/mol. The van der Waals surface area contributed by atoms with E-state index in [0.29, 0.717) is 19.0 Å². The van der Waals surface area contributed by atoms with E-state index < -0.39 is 24.4 Å². The maximum absolute atomic E-state index is 13.4. The van der Waals surface area contributed by atoms with Gasteiger partial charge in [0.2, 0.25) is 5.91 Å². The summed E-state index contributed by atoms with van der Waals surface area (Å²) in [6.45, 7) is 4.96. The molecule has 1 amide bonds. The Morgan fingerprint density at radius 1 is 1.25 bits per heavy atom. The van der Waals surface area contributed by atoms with Crippen LogP contribution in [0.1, 0.15) is 37.7 Å². The lowest BCUT2D eigenvalue weighted by Gasteiger charge is -2.33. The number of halogens is 3. The van der Waals surface area contributed by atoms with Crippen LogP contribution >= 0.6 is 0 Å². The van der Waals surface area contributed by atoms with Crippen molar-refractivity contribution < 1.29 is 18.0 Å². The number of benzene rings is 1. The van der Waals surface area contributed by atoms with Gasteiger partial charge in [-0.05, 0) is 37.4 Å². The second-order valence-electron chi connectivity index (χ2n) is 6.34. The Morgan fingerprint density at radius 3 is 2.42 bits per heavy atom. The predicted molar refractivity (Wildman–Crippen MR) is 87.7 cm³/mol. The number of amides is 1. The fraction of sp³-hybridized carbons (Fsp3) is 0.611. The molecule has 2 rings (SSSR count). The molecule has 134 valence electrons. The second-order valence-corrected chi connectivity index (χ2v) is 6.34.